The lowest BCUT2D eigenvalue weighted by atomic mass is 10.2. The summed E-state index contributed by atoms with van der Waals surface area (Å²) in [5, 5.41) is 8.83. The zero-order valence-corrected chi connectivity index (χ0v) is 13.0. The minimum Gasteiger partial charge on any atom is -0.279 e. The molecule has 0 spiro atoms. The van der Waals surface area contributed by atoms with Crippen molar-refractivity contribution in [2.24, 2.45) is 0 Å². The lowest BCUT2D eigenvalue weighted by Crippen LogP contribution is -2.13. The SMILES string of the molecule is Cc1ccc(Br)cc1NS(=O)(=O)c1cccc(C#N)c1. The Balaban J connectivity index is 2.41. The first kappa shape index (κ1) is 14.6. The molecule has 0 unspecified atom stereocenters. The molecule has 2 aromatic carbocycles. The Morgan fingerprint density at radius 2 is 1.95 bits per heavy atom. The van der Waals surface area contributed by atoms with E-state index < -0.39 is 10.0 Å². The average molecular weight is 351 g/mol. The fraction of sp³-hybridized carbons (Fsp3) is 0.0714. The molecule has 0 aliphatic carbocycles. The number of sulfonamides is 1. The molecule has 0 bridgehead atoms. The van der Waals surface area contributed by atoms with Crippen molar-refractivity contribution in [2.45, 2.75) is 11.8 Å². The van der Waals surface area contributed by atoms with Crippen LogP contribution in [0.25, 0.3) is 0 Å². The highest BCUT2D eigenvalue weighted by Crippen LogP contribution is 2.23. The van der Waals surface area contributed by atoms with Gasteiger partial charge in [0.1, 0.15) is 0 Å². The average Bonchev–Trinajstić information content (AvgIpc) is 2.43. The lowest BCUT2D eigenvalue weighted by molar-refractivity contribution is 0.601. The smallest absolute Gasteiger partial charge is 0.261 e. The van der Waals surface area contributed by atoms with Gasteiger partial charge in [0.15, 0.2) is 0 Å². The maximum absolute atomic E-state index is 12.3. The van der Waals surface area contributed by atoms with E-state index in [1.807, 2.05) is 25.1 Å². The number of halogens is 1. The molecule has 0 heterocycles. The number of hydrogen-bond acceptors (Lipinski definition) is 3. The molecule has 0 atom stereocenters. The molecule has 102 valence electrons. The molecule has 20 heavy (non-hydrogen) atoms. The lowest BCUT2D eigenvalue weighted by Gasteiger charge is -2.11. The third kappa shape index (κ3) is 3.18. The van der Waals surface area contributed by atoms with Crippen molar-refractivity contribution in [3.05, 3.63) is 58.1 Å². The molecule has 2 rings (SSSR count). The Kier molecular flexibility index (Phi) is 4.12. The molecule has 0 fully saturated rings. The van der Waals surface area contributed by atoms with Crippen LogP contribution in [0.3, 0.4) is 0 Å². The first-order chi connectivity index (χ1) is 9.42. The summed E-state index contributed by atoms with van der Waals surface area (Å²) in [5.41, 5.74) is 1.62. The van der Waals surface area contributed by atoms with E-state index in [1.54, 1.807) is 18.2 Å². The van der Waals surface area contributed by atoms with Crippen LogP contribution < -0.4 is 4.72 Å². The second kappa shape index (κ2) is 5.65. The van der Waals surface area contributed by atoms with Crippen molar-refractivity contribution < 1.29 is 8.42 Å². The molecule has 0 saturated heterocycles. The van der Waals surface area contributed by atoms with Crippen LogP contribution in [0.15, 0.2) is 51.8 Å². The number of benzene rings is 2. The van der Waals surface area contributed by atoms with Gasteiger partial charge in [-0.1, -0.05) is 28.1 Å². The van der Waals surface area contributed by atoms with E-state index in [-0.39, 0.29) is 4.90 Å². The highest BCUT2D eigenvalue weighted by molar-refractivity contribution is 9.10. The molecule has 0 saturated carbocycles. The summed E-state index contributed by atoms with van der Waals surface area (Å²) < 4.78 is 27.9. The molecular weight excluding hydrogens is 340 g/mol. The molecule has 0 aliphatic heterocycles. The molecule has 4 nitrogen and oxygen atoms in total. The van der Waals surface area contributed by atoms with Crippen LogP contribution in [0.5, 0.6) is 0 Å². The predicted molar refractivity (Wildman–Crippen MR) is 80.8 cm³/mol. The molecule has 1 N–H and O–H groups in total. The number of hydrogen-bond donors (Lipinski definition) is 1. The highest BCUT2D eigenvalue weighted by Gasteiger charge is 2.15. The standard InChI is InChI=1S/C14H11BrN2O2S/c1-10-5-6-12(15)8-14(10)17-20(18,19)13-4-2-3-11(7-13)9-16/h2-8,17H,1H3. The van der Waals surface area contributed by atoms with Gasteiger partial charge < -0.3 is 0 Å². The van der Waals surface area contributed by atoms with Gasteiger partial charge in [0.2, 0.25) is 0 Å². The normalized spacial score (nSPS) is 10.8. The monoisotopic (exact) mass is 350 g/mol. The Hall–Kier alpha value is -1.84. The number of anilines is 1. The summed E-state index contributed by atoms with van der Waals surface area (Å²) in [4.78, 5) is 0.0657. The number of nitrogens with one attached hydrogen (secondary N) is 1. The van der Waals surface area contributed by atoms with Crippen molar-refractivity contribution in [3.8, 4) is 6.07 Å². The van der Waals surface area contributed by atoms with Crippen molar-refractivity contribution in [3.63, 3.8) is 0 Å². The van der Waals surface area contributed by atoms with Gasteiger partial charge in [0, 0.05) is 4.47 Å². The van der Waals surface area contributed by atoms with Crippen LogP contribution in [-0.2, 0) is 10.0 Å². The van der Waals surface area contributed by atoms with Gasteiger partial charge in [-0.15, -0.1) is 0 Å². The van der Waals surface area contributed by atoms with Crippen LogP contribution in [0.1, 0.15) is 11.1 Å². The number of nitriles is 1. The minimum atomic E-state index is -3.71. The maximum Gasteiger partial charge on any atom is 0.261 e. The molecule has 6 heteroatoms. The van der Waals surface area contributed by atoms with E-state index in [2.05, 4.69) is 20.7 Å². The van der Waals surface area contributed by atoms with Crippen LogP contribution in [0, 0.1) is 18.3 Å². The van der Waals surface area contributed by atoms with Gasteiger partial charge in [0.25, 0.3) is 10.0 Å². The first-order valence-electron chi connectivity index (χ1n) is 5.71. The summed E-state index contributed by atoms with van der Waals surface area (Å²) in [6.07, 6.45) is 0. The molecule has 0 aliphatic rings. The van der Waals surface area contributed by atoms with Gasteiger partial charge in [-0.05, 0) is 42.8 Å². The largest absolute Gasteiger partial charge is 0.279 e. The Bertz CT molecular complexity index is 795. The Morgan fingerprint density at radius 1 is 1.20 bits per heavy atom. The summed E-state index contributed by atoms with van der Waals surface area (Å²) in [7, 11) is -3.71. The van der Waals surface area contributed by atoms with E-state index >= 15 is 0 Å². The molecule has 0 radical (unpaired) electrons. The van der Waals surface area contributed by atoms with Crippen molar-refractivity contribution >= 4 is 31.6 Å². The molecule has 0 amide bonds. The zero-order chi connectivity index (χ0) is 14.8. The van der Waals surface area contributed by atoms with E-state index in [9.17, 15) is 8.42 Å². The van der Waals surface area contributed by atoms with Crippen molar-refractivity contribution in [1.82, 2.24) is 0 Å². The van der Waals surface area contributed by atoms with Gasteiger partial charge >= 0.3 is 0 Å². The third-order valence-electron chi connectivity index (χ3n) is 2.72. The van der Waals surface area contributed by atoms with E-state index in [1.165, 1.54) is 12.1 Å². The maximum atomic E-state index is 12.3. The second-order valence-corrected chi connectivity index (χ2v) is 6.80. The predicted octanol–water partition coefficient (Wildman–Crippen LogP) is 3.43. The van der Waals surface area contributed by atoms with Gasteiger partial charge in [-0.2, -0.15) is 5.26 Å². The van der Waals surface area contributed by atoms with E-state index in [0.29, 0.717) is 11.3 Å². The highest BCUT2D eigenvalue weighted by atomic mass is 79.9. The Morgan fingerprint density at radius 3 is 2.65 bits per heavy atom. The van der Waals surface area contributed by atoms with Crippen LogP contribution in [0.4, 0.5) is 5.69 Å². The van der Waals surface area contributed by atoms with Crippen LogP contribution in [-0.4, -0.2) is 8.42 Å². The fourth-order valence-corrected chi connectivity index (χ4v) is 3.17. The van der Waals surface area contributed by atoms with Gasteiger partial charge in [-0.3, -0.25) is 4.72 Å². The number of nitrogens with zero attached hydrogens (tertiary/aromatic N) is 1. The van der Waals surface area contributed by atoms with Crippen LogP contribution >= 0.6 is 15.9 Å². The summed E-state index contributed by atoms with van der Waals surface area (Å²) in [6.45, 7) is 1.82. The summed E-state index contributed by atoms with van der Waals surface area (Å²) in [5.74, 6) is 0. The fourth-order valence-electron chi connectivity index (χ4n) is 1.64. The van der Waals surface area contributed by atoms with E-state index in [0.717, 1.165) is 10.0 Å². The van der Waals surface area contributed by atoms with E-state index in [4.69, 9.17) is 5.26 Å². The second-order valence-electron chi connectivity index (χ2n) is 4.20. The number of rotatable bonds is 3. The van der Waals surface area contributed by atoms with Crippen LogP contribution in [0.2, 0.25) is 0 Å². The zero-order valence-electron chi connectivity index (χ0n) is 10.6. The summed E-state index contributed by atoms with van der Waals surface area (Å²) >= 11 is 3.31. The quantitative estimate of drug-likeness (QED) is 0.921. The third-order valence-corrected chi connectivity index (χ3v) is 4.57. The number of aryl methyl sites for hydroxylation is 1. The van der Waals surface area contributed by atoms with Crippen molar-refractivity contribution in [2.75, 3.05) is 4.72 Å². The Labute approximate surface area is 126 Å². The molecular formula is C14H11BrN2O2S. The van der Waals surface area contributed by atoms with Gasteiger partial charge in [0.05, 0.1) is 22.2 Å². The van der Waals surface area contributed by atoms with Gasteiger partial charge in [-0.25, -0.2) is 8.42 Å². The summed E-state index contributed by atoms with van der Waals surface area (Å²) in [6, 6.07) is 13.2. The molecule has 2 aromatic rings. The van der Waals surface area contributed by atoms with Crippen molar-refractivity contribution in [1.29, 1.82) is 5.26 Å². The molecule has 0 aromatic heterocycles. The first-order valence-corrected chi connectivity index (χ1v) is 7.99. The topological polar surface area (TPSA) is 70.0 Å². The minimum absolute atomic E-state index is 0.0657.